The molecule has 1 aromatic carbocycles. The Morgan fingerprint density at radius 1 is 1.19 bits per heavy atom. The van der Waals surface area contributed by atoms with Crippen molar-refractivity contribution in [2.75, 3.05) is 19.6 Å². The minimum Gasteiger partial charge on any atom is -0.370 e. The van der Waals surface area contributed by atoms with Crippen molar-refractivity contribution in [2.45, 2.75) is 51.6 Å². The Morgan fingerprint density at radius 2 is 1.90 bits per heavy atom. The number of hydrogen-bond donors (Lipinski definition) is 4. The molecule has 0 saturated carbocycles. The molecule has 0 bridgehead atoms. The van der Waals surface area contributed by atoms with Crippen LogP contribution in [0.2, 0.25) is 0 Å². The Kier molecular flexibility index (Phi) is 9.30. The van der Waals surface area contributed by atoms with E-state index < -0.39 is 12.1 Å². The van der Waals surface area contributed by atoms with Crippen molar-refractivity contribution in [2.24, 2.45) is 22.4 Å². The number of benzene rings is 1. The average molecular weight is 431 g/mol. The maximum atomic E-state index is 13.3. The lowest BCUT2D eigenvalue weighted by molar-refractivity contribution is -0.140. The predicted octanol–water partition coefficient (Wildman–Crippen LogP) is 0.602. The van der Waals surface area contributed by atoms with Gasteiger partial charge in [0.05, 0.1) is 0 Å². The molecule has 0 unspecified atom stereocenters. The molecule has 1 aliphatic rings. The Bertz CT molecular complexity index is 777. The fraction of sp³-hybridized carbons (Fsp3) is 0.545. The fourth-order valence-corrected chi connectivity index (χ4v) is 3.64. The van der Waals surface area contributed by atoms with E-state index in [4.69, 9.17) is 11.5 Å². The maximum absolute atomic E-state index is 13.3. The SMILES string of the molecule is CC(C)C[C@H](NC(=O)c1ccccc1)C(=O)N1CCC[C@H]1C(=O)NCCCN=C(N)N. The van der Waals surface area contributed by atoms with Gasteiger partial charge in [0.25, 0.3) is 5.91 Å². The number of likely N-dealkylation sites (tertiary alicyclic amines) is 1. The van der Waals surface area contributed by atoms with E-state index >= 15 is 0 Å². The number of aliphatic imine (C=N–C) groups is 1. The summed E-state index contributed by atoms with van der Waals surface area (Å²) in [5, 5.41) is 5.73. The van der Waals surface area contributed by atoms with Gasteiger partial charge in [-0.2, -0.15) is 0 Å². The van der Waals surface area contributed by atoms with Crippen LogP contribution in [0.3, 0.4) is 0 Å². The predicted molar refractivity (Wildman–Crippen MR) is 120 cm³/mol. The first kappa shape index (κ1) is 24.2. The monoisotopic (exact) mass is 430 g/mol. The molecule has 1 saturated heterocycles. The minimum absolute atomic E-state index is 0.0210. The smallest absolute Gasteiger partial charge is 0.251 e. The van der Waals surface area contributed by atoms with Crippen LogP contribution in [-0.2, 0) is 9.59 Å². The van der Waals surface area contributed by atoms with Gasteiger partial charge in [-0.25, -0.2) is 0 Å². The largest absolute Gasteiger partial charge is 0.370 e. The molecule has 1 aliphatic heterocycles. The Hall–Kier alpha value is -3.10. The van der Waals surface area contributed by atoms with Crippen LogP contribution >= 0.6 is 0 Å². The van der Waals surface area contributed by atoms with Gasteiger partial charge in [-0.1, -0.05) is 32.0 Å². The molecule has 2 atom stereocenters. The number of carbonyl (C=O) groups excluding carboxylic acids is 3. The molecule has 0 aromatic heterocycles. The van der Waals surface area contributed by atoms with Crippen molar-refractivity contribution in [1.82, 2.24) is 15.5 Å². The van der Waals surface area contributed by atoms with Crippen LogP contribution in [0.25, 0.3) is 0 Å². The highest BCUT2D eigenvalue weighted by Crippen LogP contribution is 2.20. The van der Waals surface area contributed by atoms with Crippen molar-refractivity contribution < 1.29 is 14.4 Å². The molecule has 9 heteroatoms. The molecule has 0 radical (unpaired) electrons. The zero-order valence-electron chi connectivity index (χ0n) is 18.3. The first-order chi connectivity index (χ1) is 14.8. The fourth-order valence-electron chi connectivity index (χ4n) is 3.64. The van der Waals surface area contributed by atoms with Gasteiger partial charge in [0, 0.05) is 25.2 Å². The Balaban J connectivity index is 2.00. The number of nitrogens with zero attached hydrogens (tertiary/aromatic N) is 2. The minimum atomic E-state index is -0.678. The third-order valence-corrected chi connectivity index (χ3v) is 5.11. The molecule has 1 fully saturated rings. The molecule has 6 N–H and O–H groups in total. The summed E-state index contributed by atoms with van der Waals surface area (Å²) in [7, 11) is 0. The summed E-state index contributed by atoms with van der Waals surface area (Å²) < 4.78 is 0. The first-order valence-electron chi connectivity index (χ1n) is 10.8. The van der Waals surface area contributed by atoms with Crippen LogP contribution in [0.1, 0.15) is 49.9 Å². The van der Waals surface area contributed by atoms with Gasteiger partial charge in [0.1, 0.15) is 12.1 Å². The molecule has 0 aliphatic carbocycles. The molecular formula is C22H34N6O3. The van der Waals surface area contributed by atoms with Crippen molar-refractivity contribution >= 4 is 23.7 Å². The number of nitrogens with two attached hydrogens (primary N) is 2. The number of nitrogens with one attached hydrogen (secondary N) is 2. The van der Waals surface area contributed by atoms with Gasteiger partial charge in [-0.15, -0.1) is 0 Å². The van der Waals surface area contributed by atoms with Crippen molar-refractivity contribution in [3.8, 4) is 0 Å². The molecule has 1 heterocycles. The Morgan fingerprint density at radius 3 is 2.55 bits per heavy atom. The van der Waals surface area contributed by atoms with Gasteiger partial charge in [0.15, 0.2) is 5.96 Å². The van der Waals surface area contributed by atoms with Gasteiger partial charge >= 0.3 is 0 Å². The van der Waals surface area contributed by atoms with E-state index in [-0.39, 0.29) is 29.6 Å². The molecule has 1 aromatic rings. The van der Waals surface area contributed by atoms with Crippen molar-refractivity contribution in [3.63, 3.8) is 0 Å². The topological polar surface area (TPSA) is 143 Å². The molecule has 170 valence electrons. The second-order valence-corrected chi connectivity index (χ2v) is 8.16. The third-order valence-electron chi connectivity index (χ3n) is 5.11. The summed E-state index contributed by atoms with van der Waals surface area (Å²) in [5.41, 5.74) is 11.1. The highest BCUT2D eigenvalue weighted by atomic mass is 16.2. The second kappa shape index (κ2) is 11.9. The first-order valence-corrected chi connectivity index (χ1v) is 10.8. The maximum Gasteiger partial charge on any atom is 0.251 e. The Labute approximate surface area is 183 Å². The summed E-state index contributed by atoms with van der Waals surface area (Å²) in [5.74, 6) is -0.466. The quantitative estimate of drug-likeness (QED) is 0.244. The van der Waals surface area contributed by atoms with Gasteiger partial charge < -0.3 is 27.0 Å². The van der Waals surface area contributed by atoms with E-state index in [1.54, 1.807) is 29.2 Å². The van der Waals surface area contributed by atoms with Crippen LogP contribution in [0.15, 0.2) is 35.3 Å². The number of hydrogen-bond acceptors (Lipinski definition) is 4. The van der Waals surface area contributed by atoms with E-state index in [2.05, 4.69) is 15.6 Å². The van der Waals surface area contributed by atoms with Gasteiger partial charge in [0.2, 0.25) is 11.8 Å². The lowest BCUT2D eigenvalue weighted by Crippen LogP contribution is -2.54. The van der Waals surface area contributed by atoms with Crippen molar-refractivity contribution in [1.29, 1.82) is 0 Å². The molecular weight excluding hydrogens is 396 g/mol. The average Bonchev–Trinajstić information content (AvgIpc) is 3.22. The number of carbonyl (C=O) groups is 3. The summed E-state index contributed by atoms with van der Waals surface area (Å²) in [4.78, 5) is 44.1. The molecule has 0 spiro atoms. The summed E-state index contributed by atoms with van der Waals surface area (Å²) >= 11 is 0. The molecule has 2 rings (SSSR count). The standard InChI is InChI=1S/C22H34N6O3/c1-15(2)14-17(27-19(29)16-8-4-3-5-9-16)21(31)28-13-6-10-18(28)20(30)25-11-7-12-26-22(23)24/h3-5,8-9,15,17-18H,6-7,10-14H2,1-2H3,(H,25,30)(H,27,29)(H4,23,24,26)/t17-,18-/m0/s1. The highest BCUT2D eigenvalue weighted by Gasteiger charge is 2.37. The number of guanidine groups is 1. The van der Waals surface area contributed by atoms with E-state index in [1.165, 1.54) is 0 Å². The van der Waals surface area contributed by atoms with Crippen LogP contribution in [0.5, 0.6) is 0 Å². The van der Waals surface area contributed by atoms with E-state index in [1.807, 2.05) is 19.9 Å². The van der Waals surface area contributed by atoms with E-state index in [9.17, 15) is 14.4 Å². The second-order valence-electron chi connectivity index (χ2n) is 8.16. The number of rotatable bonds is 10. The van der Waals surface area contributed by atoms with Gasteiger partial charge in [-0.3, -0.25) is 19.4 Å². The van der Waals surface area contributed by atoms with Crippen LogP contribution in [0.4, 0.5) is 0 Å². The molecule has 9 nitrogen and oxygen atoms in total. The van der Waals surface area contributed by atoms with E-state index in [0.29, 0.717) is 44.5 Å². The number of amides is 3. The summed E-state index contributed by atoms with van der Waals surface area (Å²) in [6, 6.07) is 7.60. The molecule has 3 amide bonds. The summed E-state index contributed by atoms with van der Waals surface area (Å²) in [6.07, 6.45) is 2.46. The highest BCUT2D eigenvalue weighted by molar-refractivity contribution is 5.98. The normalized spacial score (nSPS) is 16.6. The zero-order valence-corrected chi connectivity index (χ0v) is 18.3. The molecule has 31 heavy (non-hydrogen) atoms. The van der Waals surface area contributed by atoms with Crippen LogP contribution < -0.4 is 22.1 Å². The zero-order chi connectivity index (χ0) is 22.8. The lowest BCUT2D eigenvalue weighted by atomic mass is 10.0. The van der Waals surface area contributed by atoms with Crippen LogP contribution in [-0.4, -0.2) is 60.3 Å². The summed E-state index contributed by atoms with van der Waals surface area (Å²) in [6.45, 7) is 5.35. The third kappa shape index (κ3) is 7.58. The lowest BCUT2D eigenvalue weighted by Gasteiger charge is -2.29. The van der Waals surface area contributed by atoms with Crippen LogP contribution in [0, 0.1) is 5.92 Å². The van der Waals surface area contributed by atoms with E-state index in [0.717, 1.165) is 6.42 Å². The van der Waals surface area contributed by atoms with Gasteiger partial charge in [-0.05, 0) is 43.7 Å². The van der Waals surface area contributed by atoms with Crippen molar-refractivity contribution in [3.05, 3.63) is 35.9 Å².